The highest BCUT2D eigenvalue weighted by molar-refractivity contribution is 6.30. The van der Waals surface area contributed by atoms with Gasteiger partial charge in [-0.2, -0.15) is 0 Å². The van der Waals surface area contributed by atoms with Crippen LogP contribution in [0, 0.1) is 0 Å². The van der Waals surface area contributed by atoms with Gasteiger partial charge in [-0.15, -0.1) is 0 Å². The fraction of sp³-hybridized carbons (Fsp3) is 0.417. The van der Waals surface area contributed by atoms with Gasteiger partial charge in [-0.3, -0.25) is 0 Å². The zero-order valence-electron chi connectivity index (χ0n) is 18.6. The van der Waals surface area contributed by atoms with Gasteiger partial charge in [0.2, 0.25) is 5.75 Å². The summed E-state index contributed by atoms with van der Waals surface area (Å²) >= 11 is 6.20. The van der Waals surface area contributed by atoms with Crippen molar-refractivity contribution in [1.29, 1.82) is 0 Å². The lowest BCUT2D eigenvalue weighted by Gasteiger charge is -2.24. The minimum absolute atomic E-state index is 0.256. The van der Waals surface area contributed by atoms with Crippen molar-refractivity contribution in [1.82, 2.24) is 0 Å². The third kappa shape index (κ3) is 6.07. The highest BCUT2D eigenvalue weighted by atomic mass is 35.5. The van der Waals surface area contributed by atoms with E-state index in [4.69, 9.17) is 35.4 Å². The number of hydrogen-bond acceptors (Lipinski definition) is 7. The monoisotopic (exact) mass is 461 g/mol. The van der Waals surface area contributed by atoms with Crippen LogP contribution in [0.1, 0.15) is 49.1 Å². The van der Waals surface area contributed by atoms with E-state index in [1.807, 2.05) is 6.07 Å². The zero-order chi connectivity index (χ0) is 22.9. The number of carbonyl (C=O) groups is 1. The number of halogens is 1. The van der Waals surface area contributed by atoms with Crippen LogP contribution < -0.4 is 18.9 Å². The molecule has 32 heavy (non-hydrogen) atoms. The molecule has 0 heterocycles. The topological polar surface area (TPSA) is 75.6 Å². The van der Waals surface area contributed by atoms with E-state index in [1.54, 1.807) is 24.3 Å². The minimum Gasteiger partial charge on any atom is -0.493 e. The van der Waals surface area contributed by atoms with Gasteiger partial charge in [-0.25, -0.2) is 4.79 Å². The number of nitrogens with zero attached hydrogens (tertiary/aromatic N) is 1. The lowest BCUT2D eigenvalue weighted by molar-refractivity contribution is -0.145. The van der Waals surface area contributed by atoms with Crippen molar-refractivity contribution in [3.63, 3.8) is 0 Å². The number of oxime groups is 1. The number of ether oxygens (including phenoxy) is 4. The summed E-state index contributed by atoms with van der Waals surface area (Å²) in [6.07, 6.45) is 7.21. The summed E-state index contributed by atoms with van der Waals surface area (Å²) in [5, 5.41) is 4.42. The van der Waals surface area contributed by atoms with Crippen LogP contribution in [-0.2, 0) is 9.63 Å². The van der Waals surface area contributed by atoms with Crippen LogP contribution in [-0.4, -0.2) is 40.1 Å². The Morgan fingerprint density at radius 1 is 1.00 bits per heavy atom. The lowest BCUT2D eigenvalue weighted by atomic mass is 9.84. The lowest BCUT2D eigenvalue weighted by Crippen LogP contribution is -2.14. The quantitative estimate of drug-likeness (QED) is 0.284. The summed E-state index contributed by atoms with van der Waals surface area (Å²) in [4.78, 5) is 17.1. The molecule has 2 aromatic carbocycles. The molecule has 0 bridgehead atoms. The van der Waals surface area contributed by atoms with E-state index in [2.05, 4.69) is 5.16 Å². The SMILES string of the molecule is COc1cc(C=NOC(=O)COc2ccc(Cl)cc2C2CCCCC2)cc(OC)c1OC. The van der Waals surface area contributed by atoms with E-state index in [0.717, 1.165) is 18.4 Å². The Hall–Kier alpha value is -2.93. The predicted octanol–water partition coefficient (Wildman–Crippen LogP) is 5.37. The Bertz CT molecular complexity index is 930. The van der Waals surface area contributed by atoms with Crippen molar-refractivity contribution in [3.8, 4) is 23.0 Å². The molecule has 1 aliphatic rings. The Morgan fingerprint density at radius 2 is 1.69 bits per heavy atom. The molecular formula is C24H28ClNO6. The van der Waals surface area contributed by atoms with Crippen LogP contribution in [0.25, 0.3) is 0 Å². The standard InChI is InChI=1S/C24H28ClNO6/c1-28-21-11-16(12-22(29-2)24(21)30-3)14-26-32-23(27)15-31-20-10-9-18(25)13-19(20)17-7-5-4-6-8-17/h9-14,17H,4-8,15H2,1-3H3. The summed E-state index contributed by atoms with van der Waals surface area (Å²) in [6, 6.07) is 8.88. The van der Waals surface area contributed by atoms with Crippen molar-refractivity contribution >= 4 is 23.8 Å². The Kier molecular flexibility index (Phi) is 8.62. The number of hydrogen-bond donors (Lipinski definition) is 0. The second-order valence-corrected chi connectivity index (χ2v) is 7.90. The number of rotatable bonds is 9. The van der Waals surface area contributed by atoms with E-state index in [-0.39, 0.29) is 6.61 Å². The number of methoxy groups -OCH3 is 3. The number of carbonyl (C=O) groups excluding carboxylic acids is 1. The molecule has 1 fully saturated rings. The zero-order valence-corrected chi connectivity index (χ0v) is 19.3. The van der Waals surface area contributed by atoms with Gasteiger partial charge in [0, 0.05) is 10.6 Å². The van der Waals surface area contributed by atoms with Gasteiger partial charge in [0.15, 0.2) is 18.1 Å². The maximum Gasteiger partial charge on any atom is 0.372 e. The molecule has 1 saturated carbocycles. The second-order valence-electron chi connectivity index (χ2n) is 7.46. The van der Waals surface area contributed by atoms with E-state index >= 15 is 0 Å². The first-order valence-electron chi connectivity index (χ1n) is 10.5. The van der Waals surface area contributed by atoms with Crippen molar-refractivity contribution in [2.75, 3.05) is 27.9 Å². The Morgan fingerprint density at radius 3 is 2.31 bits per heavy atom. The van der Waals surface area contributed by atoms with Crippen molar-refractivity contribution < 1.29 is 28.6 Å². The molecule has 2 aromatic rings. The third-order valence-corrected chi connectivity index (χ3v) is 5.64. The molecule has 0 aromatic heterocycles. The highest BCUT2D eigenvalue weighted by Gasteiger charge is 2.20. The minimum atomic E-state index is -0.613. The van der Waals surface area contributed by atoms with Gasteiger partial charge in [0.25, 0.3) is 0 Å². The predicted molar refractivity (Wildman–Crippen MR) is 123 cm³/mol. The molecule has 1 aliphatic carbocycles. The fourth-order valence-electron chi connectivity index (χ4n) is 3.87. The number of benzene rings is 2. The molecule has 0 atom stereocenters. The maximum absolute atomic E-state index is 12.2. The van der Waals surface area contributed by atoms with Crippen LogP contribution in [0.5, 0.6) is 23.0 Å². The van der Waals surface area contributed by atoms with Crippen LogP contribution in [0.2, 0.25) is 5.02 Å². The van der Waals surface area contributed by atoms with E-state index in [9.17, 15) is 4.79 Å². The van der Waals surface area contributed by atoms with Crippen LogP contribution >= 0.6 is 11.6 Å². The molecule has 3 rings (SSSR count). The summed E-state index contributed by atoms with van der Waals surface area (Å²) in [7, 11) is 4.57. The Labute approximate surface area is 193 Å². The van der Waals surface area contributed by atoms with Gasteiger partial charge in [-0.05, 0) is 54.7 Å². The smallest absolute Gasteiger partial charge is 0.372 e. The molecular weight excluding hydrogens is 434 g/mol. The van der Waals surface area contributed by atoms with Gasteiger partial charge < -0.3 is 23.8 Å². The van der Waals surface area contributed by atoms with Gasteiger partial charge >= 0.3 is 5.97 Å². The summed E-state index contributed by atoms with van der Waals surface area (Å²) < 4.78 is 21.6. The highest BCUT2D eigenvalue weighted by Crippen LogP contribution is 2.39. The first kappa shape index (κ1) is 23.7. The third-order valence-electron chi connectivity index (χ3n) is 5.41. The second kappa shape index (κ2) is 11.6. The molecule has 0 unspecified atom stereocenters. The normalized spacial score (nSPS) is 14.2. The largest absolute Gasteiger partial charge is 0.493 e. The maximum atomic E-state index is 12.2. The molecule has 0 aliphatic heterocycles. The molecule has 0 radical (unpaired) electrons. The van der Waals surface area contributed by atoms with Crippen LogP contribution in [0.3, 0.4) is 0 Å². The molecule has 0 spiro atoms. The molecule has 0 amide bonds. The van der Waals surface area contributed by atoms with Crippen LogP contribution in [0.15, 0.2) is 35.5 Å². The first-order valence-corrected chi connectivity index (χ1v) is 10.9. The van der Waals surface area contributed by atoms with Crippen molar-refractivity contribution in [2.45, 2.75) is 38.0 Å². The van der Waals surface area contributed by atoms with Gasteiger partial charge in [-0.1, -0.05) is 36.0 Å². The molecule has 8 heteroatoms. The van der Waals surface area contributed by atoms with Crippen molar-refractivity contribution in [3.05, 3.63) is 46.5 Å². The molecule has 7 nitrogen and oxygen atoms in total. The summed E-state index contributed by atoms with van der Waals surface area (Å²) in [6.45, 7) is -0.256. The first-order chi connectivity index (χ1) is 15.5. The molecule has 172 valence electrons. The van der Waals surface area contributed by atoms with E-state index in [1.165, 1.54) is 46.8 Å². The Balaban J connectivity index is 1.61. The average molecular weight is 462 g/mol. The van der Waals surface area contributed by atoms with Crippen molar-refractivity contribution in [2.24, 2.45) is 5.16 Å². The summed E-state index contributed by atoms with van der Waals surface area (Å²) in [5.74, 6) is 1.85. The van der Waals surface area contributed by atoms with E-state index in [0.29, 0.717) is 39.5 Å². The molecule has 0 N–H and O–H groups in total. The fourth-order valence-corrected chi connectivity index (χ4v) is 4.05. The van der Waals surface area contributed by atoms with Gasteiger partial charge in [0.1, 0.15) is 5.75 Å². The molecule has 0 saturated heterocycles. The average Bonchev–Trinajstić information content (AvgIpc) is 2.83. The summed E-state index contributed by atoms with van der Waals surface area (Å²) in [5.41, 5.74) is 1.66. The van der Waals surface area contributed by atoms with Gasteiger partial charge in [0.05, 0.1) is 27.5 Å². The van der Waals surface area contributed by atoms with Crippen LogP contribution in [0.4, 0.5) is 0 Å². The van der Waals surface area contributed by atoms with E-state index < -0.39 is 5.97 Å².